The number of halogens is 1. The number of aryl methyl sites for hydroxylation is 1. The van der Waals surface area contributed by atoms with Gasteiger partial charge < -0.3 is 19.7 Å². The number of carbonyl (C=O) groups is 2. The van der Waals surface area contributed by atoms with Crippen LogP contribution >= 0.6 is 11.6 Å². The van der Waals surface area contributed by atoms with Crippen LogP contribution in [0.15, 0.2) is 48.7 Å². The summed E-state index contributed by atoms with van der Waals surface area (Å²) < 4.78 is 7.33. The Balaban J connectivity index is 1.49. The number of nitrogens with one attached hydrogen (secondary N) is 1. The van der Waals surface area contributed by atoms with Gasteiger partial charge in [-0.1, -0.05) is 42.8 Å². The Labute approximate surface area is 211 Å². The molecule has 3 aromatic rings. The topological polar surface area (TPSA) is 93.4 Å². The van der Waals surface area contributed by atoms with Gasteiger partial charge in [-0.25, -0.2) is 4.98 Å². The Morgan fingerprint density at radius 1 is 1.17 bits per heavy atom. The third-order valence-corrected chi connectivity index (χ3v) is 5.78. The third kappa shape index (κ3) is 7.16. The molecule has 8 heteroatoms. The number of hydrogen-bond donors (Lipinski definition) is 2. The molecule has 0 aliphatic rings. The van der Waals surface area contributed by atoms with Crippen molar-refractivity contribution in [3.63, 3.8) is 0 Å². The summed E-state index contributed by atoms with van der Waals surface area (Å²) in [5.41, 5.74) is 3.06. The van der Waals surface area contributed by atoms with Crippen LogP contribution in [0.2, 0.25) is 5.02 Å². The van der Waals surface area contributed by atoms with E-state index in [2.05, 4.69) is 10.3 Å². The van der Waals surface area contributed by atoms with Gasteiger partial charge in [-0.15, -0.1) is 0 Å². The fourth-order valence-electron chi connectivity index (χ4n) is 3.65. The Kier molecular flexibility index (Phi) is 9.07. The number of carbonyl (C=O) groups excluding carboxylic acids is 2. The van der Waals surface area contributed by atoms with Crippen LogP contribution in [0.5, 0.6) is 5.75 Å². The average Bonchev–Trinajstić information content (AvgIpc) is 3.21. The number of nitrogens with zero attached hydrogens (tertiary/aromatic N) is 2. The van der Waals surface area contributed by atoms with Crippen LogP contribution in [-0.2, 0) is 13.5 Å². The summed E-state index contributed by atoms with van der Waals surface area (Å²) in [6.07, 6.45) is 2.52. The number of ketones is 1. The minimum absolute atomic E-state index is 0.00541. The number of rotatable bonds is 11. The van der Waals surface area contributed by atoms with Crippen molar-refractivity contribution < 1.29 is 19.4 Å². The minimum Gasteiger partial charge on any atom is -0.489 e. The van der Waals surface area contributed by atoms with E-state index in [1.807, 2.05) is 58.3 Å². The van der Waals surface area contributed by atoms with Crippen LogP contribution in [0.25, 0.3) is 11.3 Å². The highest BCUT2D eigenvalue weighted by Gasteiger charge is 2.14. The maximum Gasteiger partial charge on any atom is 0.251 e. The molecule has 1 amide bonds. The highest BCUT2D eigenvalue weighted by Crippen LogP contribution is 2.26. The zero-order valence-electron chi connectivity index (χ0n) is 20.5. The number of Topliss-reactive ketones (excluding diaryl/α,β-unsaturated/α-hetero) is 1. The molecule has 1 aromatic heterocycles. The van der Waals surface area contributed by atoms with E-state index < -0.39 is 6.10 Å². The number of imidazole rings is 1. The largest absolute Gasteiger partial charge is 0.489 e. The monoisotopic (exact) mass is 497 g/mol. The van der Waals surface area contributed by atoms with Crippen molar-refractivity contribution in [2.75, 3.05) is 6.54 Å². The Morgan fingerprint density at radius 3 is 2.51 bits per heavy atom. The first-order valence-corrected chi connectivity index (χ1v) is 12.1. The van der Waals surface area contributed by atoms with E-state index in [0.29, 0.717) is 48.0 Å². The molecule has 0 radical (unpaired) electrons. The number of aliphatic hydroxyl groups excluding tert-OH is 1. The van der Waals surface area contributed by atoms with E-state index in [1.165, 1.54) is 0 Å². The highest BCUT2D eigenvalue weighted by atomic mass is 35.5. The van der Waals surface area contributed by atoms with Crippen LogP contribution in [0.1, 0.15) is 60.2 Å². The maximum atomic E-state index is 12.4. The lowest BCUT2D eigenvalue weighted by Crippen LogP contribution is -2.27. The van der Waals surface area contributed by atoms with Gasteiger partial charge in [0.1, 0.15) is 5.75 Å². The number of benzene rings is 2. The van der Waals surface area contributed by atoms with Gasteiger partial charge in [0.15, 0.2) is 11.6 Å². The van der Waals surface area contributed by atoms with Gasteiger partial charge in [0.25, 0.3) is 5.91 Å². The van der Waals surface area contributed by atoms with E-state index >= 15 is 0 Å². The molecule has 3 rings (SSSR count). The normalized spacial score (nSPS) is 12.0. The second-order valence-electron chi connectivity index (χ2n) is 8.75. The van der Waals surface area contributed by atoms with Crippen LogP contribution < -0.4 is 10.1 Å². The molecule has 186 valence electrons. The van der Waals surface area contributed by atoms with Crippen molar-refractivity contribution in [2.24, 2.45) is 7.05 Å². The molecule has 0 fully saturated rings. The predicted molar refractivity (Wildman–Crippen MR) is 137 cm³/mol. The number of hydrogen-bond acceptors (Lipinski definition) is 5. The molecule has 0 aliphatic heterocycles. The van der Waals surface area contributed by atoms with Crippen molar-refractivity contribution in [1.82, 2.24) is 14.9 Å². The fraction of sp³-hybridized carbons (Fsp3) is 0.370. The zero-order valence-corrected chi connectivity index (χ0v) is 21.3. The third-order valence-electron chi connectivity index (χ3n) is 5.49. The van der Waals surface area contributed by atoms with Gasteiger partial charge in [0.05, 0.1) is 22.9 Å². The Hall–Kier alpha value is -3.16. The standard InChI is InChI=1S/C27H32ClN3O4/c1-5-24(33)26-30-23(16-31(26)4)19-8-6-18(7-9-19)14-21(32)12-13-29-27(34)20-10-11-25(22(28)15-20)35-17(2)3/h6-11,15-17,21,32H,5,12-14H2,1-4H3,(H,29,34). The molecule has 7 nitrogen and oxygen atoms in total. The number of aliphatic hydroxyl groups is 1. The molecule has 0 aliphatic carbocycles. The Bertz CT molecular complexity index is 1170. The van der Waals surface area contributed by atoms with Crippen molar-refractivity contribution >= 4 is 23.3 Å². The first kappa shape index (κ1) is 26.4. The van der Waals surface area contributed by atoms with Crippen LogP contribution in [0.3, 0.4) is 0 Å². The van der Waals surface area contributed by atoms with Gasteiger partial charge in [-0.3, -0.25) is 9.59 Å². The highest BCUT2D eigenvalue weighted by molar-refractivity contribution is 6.32. The number of aromatic nitrogens is 2. The second-order valence-corrected chi connectivity index (χ2v) is 9.16. The van der Waals surface area contributed by atoms with E-state index in [0.717, 1.165) is 16.8 Å². The summed E-state index contributed by atoms with van der Waals surface area (Å²) in [5.74, 6) is 0.741. The molecular formula is C27H32ClN3O4. The lowest BCUT2D eigenvalue weighted by molar-refractivity contribution is 0.0940. The fourth-order valence-corrected chi connectivity index (χ4v) is 3.88. The summed E-state index contributed by atoms with van der Waals surface area (Å²) in [6.45, 7) is 5.97. The minimum atomic E-state index is -0.602. The summed E-state index contributed by atoms with van der Waals surface area (Å²) in [7, 11) is 1.81. The summed E-state index contributed by atoms with van der Waals surface area (Å²) in [5, 5.41) is 13.6. The van der Waals surface area contributed by atoms with E-state index in [9.17, 15) is 14.7 Å². The quantitative estimate of drug-likeness (QED) is 0.369. The molecule has 2 aromatic carbocycles. The zero-order chi connectivity index (χ0) is 25.5. The summed E-state index contributed by atoms with van der Waals surface area (Å²) in [6, 6.07) is 12.7. The van der Waals surface area contributed by atoms with Gasteiger partial charge in [0, 0.05) is 37.3 Å². The van der Waals surface area contributed by atoms with Gasteiger partial charge >= 0.3 is 0 Å². The SMILES string of the molecule is CCC(=O)c1nc(-c2ccc(CC(O)CCNC(=O)c3ccc(OC(C)C)c(Cl)c3)cc2)cn1C. The molecule has 1 unspecified atom stereocenters. The van der Waals surface area contributed by atoms with E-state index in [1.54, 1.807) is 22.8 Å². The lowest BCUT2D eigenvalue weighted by Gasteiger charge is -2.13. The second kappa shape index (κ2) is 12.0. The van der Waals surface area contributed by atoms with E-state index in [-0.39, 0.29) is 17.8 Å². The molecule has 0 saturated heterocycles. The summed E-state index contributed by atoms with van der Waals surface area (Å²) in [4.78, 5) is 28.8. The van der Waals surface area contributed by atoms with Crippen LogP contribution in [0, 0.1) is 0 Å². The molecule has 1 heterocycles. The summed E-state index contributed by atoms with van der Waals surface area (Å²) >= 11 is 6.21. The lowest BCUT2D eigenvalue weighted by atomic mass is 10.0. The van der Waals surface area contributed by atoms with Gasteiger partial charge in [0.2, 0.25) is 0 Å². The average molecular weight is 498 g/mol. The Morgan fingerprint density at radius 2 is 1.89 bits per heavy atom. The molecule has 0 saturated carbocycles. The van der Waals surface area contributed by atoms with Gasteiger partial charge in [-0.05, 0) is 50.5 Å². The van der Waals surface area contributed by atoms with Crippen LogP contribution in [0.4, 0.5) is 0 Å². The maximum absolute atomic E-state index is 12.4. The van der Waals surface area contributed by atoms with Crippen LogP contribution in [-0.4, -0.2) is 45.1 Å². The van der Waals surface area contributed by atoms with Crippen molar-refractivity contribution in [3.05, 3.63) is 70.6 Å². The molecule has 2 N–H and O–H groups in total. The first-order valence-electron chi connectivity index (χ1n) is 11.8. The van der Waals surface area contributed by atoms with Gasteiger partial charge in [-0.2, -0.15) is 0 Å². The molecule has 1 atom stereocenters. The van der Waals surface area contributed by atoms with Crippen molar-refractivity contribution in [1.29, 1.82) is 0 Å². The number of amides is 1. The van der Waals surface area contributed by atoms with Crippen molar-refractivity contribution in [2.45, 2.75) is 52.2 Å². The predicted octanol–water partition coefficient (Wildman–Crippen LogP) is 4.84. The number of ether oxygens (including phenoxy) is 1. The van der Waals surface area contributed by atoms with Crippen molar-refractivity contribution in [3.8, 4) is 17.0 Å². The van der Waals surface area contributed by atoms with E-state index in [4.69, 9.17) is 16.3 Å². The molecule has 0 spiro atoms. The first-order chi connectivity index (χ1) is 16.7. The molecular weight excluding hydrogens is 466 g/mol. The smallest absolute Gasteiger partial charge is 0.251 e. The molecule has 0 bridgehead atoms. The molecule has 35 heavy (non-hydrogen) atoms.